The normalized spacial score (nSPS) is 14.0. The van der Waals surface area contributed by atoms with Gasteiger partial charge in [-0.2, -0.15) is 5.10 Å². The standard InChI is InChI=1S/C20H29N3O4/c1-6-26-18(24)12-11-15(19(25)27-7-2)21-17-13-16(14-9-8-10-14)22-23(17)20(3,4)5/h12-14,21H,6-10H2,1-5H3. The van der Waals surface area contributed by atoms with Gasteiger partial charge in [-0.1, -0.05) is 12.2 Å². The Bertz CT molecular complexity index is 748. The Kier molecular flexibility index (Phi) is 6.86. The topological polar surface area (TPSA) is 82.5 Å². The van der Waals surface area contributed by atoms with E-state index in [-0.39, 0.29) is 24.4 Å². The van der Waals surface area contributed by atoms with Crippen LogP contribution in [0.2, 0.25) is 0 Å². The van der Waals surface area contributed by atoms with Gasteiger partial charge in [-0.05, 0) is 47.5 Å². The molecule has 1 fully saturated rings. The first-order valence-corrected chi connectivity index (χ1v) is 9.44. The van der Waals surface area contributed by atoms with E-state index >= 15 is 0 Å². The van der Waals surface area contributed by atoms with Crippen LogP contribution in [0.15, 0.2) is 23.6 Å². The fourth-order valence-electron chi connectivity index (χ4n) is 2.70. The lowest BCUT2D eigenvalue weighted by molar-refractivity contribution is -0.138. The number of aromatic nitrogens is 2. The van der Waals surface area contributed by atoms with Gasteiger partial charge in [0.2, 0.25) is 0 Å². The Morgan fingerprint density at radius 3 is 2.48 bits per heavy atom. The van der Waals surface area contributed by atoms with Gasteiger partial charge in [0, 0.05) is 12.0 Å². The van der Waals surface area contributed by atoms with Crippen LogP contribution in [0.5, 0.6) is 0 Å². The Morgan fingerprint density at radius 1 is 1.30 bits per heavy atom. The molecule has 0 unspecified atom stereocenters. The number of ether oxygens (including phenoxy) is 2. The maximum Gasteiger partial charge on any atom is 0.363 e. The molecule has 27 heavy (non-hydrogen) atoms. The van der Waals surface area contributed by atoms with Crippen LogP contribution in [0, 0.1) is 0 Å². The summed E-state index contributed by atoms with van der Waals surface area (Å²) in [6.45, 7) is 10.0. The van der Waals surface area contributed by atoms with Crippen molar-refractivity contribution >= 4 is 17.8 Å². The molecule has 1 aromatic rings. The number of nitrogens with one attached hydrogen (secondary N) is 1. The highest BCUT2D eigenvalue weighted by Crippen LogP contribution is 2.37. The van der Waals surface area contributed by atoms with Gasteiger partial charge in [0.05, 0.1) is 30.5 Å². The summed E-state index contributed by atoms with van der Waals surface area (Å²) in [5.74, 6) is -0.0399. The fourth-order valence-corrected chi connectivity index (χ4v) is 2.70. The number of rotatable bonds is 7. The zero-order chi connectivity index (χ0) is 20.0. The lowest BCUT2D eigenvalue weighted by Crippen LogP contribution is -2.26. The zero-order valence-electron chi connectivity index (χ0n) is 16.8. The molecule has 0 aromatic carbocycles. The minimum absolute atomic E-state index is 0.0375. The van der Waals surface area contributed by atoms with Crippen molar-refractivity contribution in [3.8, 4) is 0 Å². The SMILES string of the molecule is CCOC(=O)C=C=C(Nc1cc(C2CCC2)nn1C(C)(C)C)C(=O)OCC. The third-order valence-electron chi connectivity index (χ3n) is 4.24. The number of anilines is 1. The van der Waals surface area contributed by atoms with Crippen molar-refractivity contribution in [1.82, 2.24) is 9.78 Å². The van der Waals surface area contributed by atoms with Crippen LogP contribution in [0.3, 0.4) is 0 Å². The van der Waals surface area contributed by atoms with E-state index in [1.807, 2.05) is 31.5 Å². The summed E-state index contributed by atoms with van der Waals surface area (Å²) >= 11 is 0. The number of esters is 2. The van der Waals surface area contributed by atoms with Crippen LogP contribution in [0.4, 0.5) is 5.82 Å². The third kappa shape index (κ3) is 5.47. The second-order valence-corrected chi connectivity index (χ2v) is 7.43. The van der Waals surface area contributed by atoms with E-state index < -0.39 is 11.9 Å². The monoisotopic (exact) mass is 375 g/mol. The smallest absolute Gasteiger partial charge is 0.363 e. The number of hydrogen-bond acceptors (Lipinski definition) is 6. The molecule has 0 saturated heterocycles. The van der Waals surface area contributed by atoms with Gasteiger partial charge in [0.15, 0.2) is 5.70 Å². The Morgan fingerprint density at radius 2 is 1.96 bits per heavy atom. The maximum absolute atomic E-state index is 12.3. The predicted octanol–water partition coefficient (Wildman–Crippen LogP) is 3.48. The summed E-state index contributed by atoms with van der Waals surface area (Å²) in [4.78, 5) is 23.9. The van der Waals surface area contributed by atoms with Crippen molar-refractivity contribution in [1.29, 1.82) is 0 Å². The quantitative estimate of drug-likeness (QED) is 0.446. The average molecular weight is 375 g/mol. The van der Waals surface area contributed by atoms with Crippen molar-refractivity contribution in [3.05, 3.63) is 29.3 Å². The molecule has 0 radical (unpaired) electrons. The van der Waals surface area contributed by atoms with Crippen LogP contribution in [-0.4, -0.2) is 34.9 Å². The van der Waals surface area contributed by atoms with Crippen molar-refractivity contribution < 1.29 is 19.1 Å². The molecule has 0 spiro atoms. The van der Waals surface area contributed by atoms with Crippen molar-refractivity contribution in [2.75, 3.05) is 18.5 Å². The molecular formula is C20H29N3O4. The van der Waals surface area contributed by atoms with Crippen molar-refractivity contribution in [2.45, 2.75) is 65.3 Å². The molecule has 1 aliphatic rings. The Labute approximate surface area is 160 Å². The van der Waals surface area contributed by atoms with Crippen LogP contribution in [0.25, 0.3) is 0 Å². The largest absolute Gasteiger partial charge is 0.462 e. The first-order valence-electron chi connectivity index (χ1n) is 9.44. The molecule has 7 heteroatoms. The highest BCUT2D eigenvalue weighted by Gasteiger charge is 2.27. The van der Waals surface area contributed by atoms with Crippen molar-refractivity contribution in [2.24, 2.45) is 0 Å². The van der Waals surface area contributed by atoms with Crippen LogP contribution in [0.1, 0.15) is 65.5 Å². The Balaban J connectivity index is 2.38. The highest BCUT2D eigenvalue weighted by molar-refractivity contribution is 5.92. The number of carbonyl (C=O) groups excluding carboxylic acids is 2. The minimum Gasteiger partial charge on any atom is -0.462 e. The zero-order valence-corrected chi connectivity index (χ0v) is 16.8. The van der Waals surface area contributed by atoms with E-state index in [2.05, 4.69) is 11.0 Å². The van der Waals surface area contributed by atoms with Crippen molar-refractivity contribution in [3.63, 3.8) is 0 Å². The number of nitrogens with zero attached hydrogens (tertiary/aromatic N) is 2. The molecule has 0 amide bonds. The van der Waals surface area contributed by atoms with Crippen LogP contribution < -0.4 is 5.32 Å². The minimum atomic E-state index is -0.593. The summed E-state index contributed by atoms with van der Waals surface area (Å²) in [5.41, 5.74) is 3.44. The summed E-state index contributed by atoms with van der Waals surface area (Å²) < 4.78 is 11.8. The van der Waals surface area contributed by atoms with E-state index in [1.54, 1.807) is 13.8 Å². The summed E-state index contributed by atoms with van der Waals surface area (Å²) in [6.07, 6.45) is 4.56. The maximum atomic E-state index is 12.3. The van der Waals surface area contributed by atoms with E-state index in [4.69, 9.17) is 14.6 Å². The third-order valence-corrected chi connectivity index (χ3v) is 4.24. The molecule has 2 rings (SSSR count). The second kappa shape index (κ2) is 8.91. The van der Waals surface area contributed by atoms with Gasteiger partial charge >= 0.3 is 11.9 Å². The second-order valence-electron chi connectivity index (χ2n) is 7.43. The summed E-state index contributed by atoms with van der Waals surface area (Å²) in [7, 11) is 0. The molecule has 1 aromatic heterocycles. The molecule has 0 bridgehead atoms. The molecule has 1 aliphatic carbocycles. The molecule has 148 valence electrons. The van der Waals surface area contributed by atoms with Gasteiger partial charge in [-0.25, -0.2) is 14.3 Å². The average Bonchev–Trinajstić information content (AvgIpc) is 2.93. The summed E-state index contributed by atoms with van der Waals surface area (Å²) in [5, 5.41) is 7.80. The molecular weight excluding hydrogens is 346 g/mol. The molecule has 1 saturated carbocycles. The lowest BCUT2D eigenvalue weighted by atomic mass is 9.83. The van der Waals surface area contributed by atoms with Crippen LogP contribution >= 0.6 is 0 Å². The lowest BCUT2D eigenvalue weighted by Gasteiger charge is -2.24. The molecule has 0 atom stereocenters. The van der Waals surface area contributed by atoms with E-state index in [0.29, 0.717) is 11.7 Å². The van der Waals surface area contributed by atoms with Crippen LogP contribution in [-0.2, 0) is 24.6 Å². The van der Waals surface area contributed by atoms with Gasteiger partial charge < -0.3 is 14.8 Å². The van der Waals surface area contributed by atoms with E-state index in [1.165, 1.54) is 6.42 Å². The van der Waals surface area contributed by atoms with Gasteiger partial charge in [-0.15, -0.1) is 0 Å². The highest BCUT2D eigenvalue weighted by atomic mass is 16.5. The molecule has 1 N–H and O–H groups in total. The predicted molar refractivity (Wildman–Crippen MR) is 102 cm³/mol. The van der Waals surface area contributed by atoms with E-state index in [9.17, 15) is 9.59 Å². The summed E-state index contributed by atoms with van der Waals surface area (Å²) in [6, 6.07) is 1.96. The molecule has 1 heterocycles. The molecule has 0 aliphatic heterocycles. The number of carbonyl (C=O) groups is 2. The first kappa shape index (κ1) is 20.8. The first-order chi connectivity index (χ1) is 12.8. The molecule has 7 nitrogen and oxygen atoms in total. The fraction of sp³-hybridized carbons (Fsp3) is 0.600. The number of hydrogen-bond donors (Lipinski definition) is 1. The van der Waals surface area contributed by atoms with Gasteiger partial charge in [0.25, 0.3) is 0 Å². The Hall–Kier alpha value is -2.53. The van der Waals surface area contributed by atoms with Gasteiger partial charge in [-0.3, -0.25) is 0 Å². The van der Waals surface area contributed by atoms with Gasteiger partial charge in [0.1, 0.15) is 5.82 Å². The van der Waals surface area contributed by atoms with E-state index in [0.717, 1.165) is 24.6 Å².